The van der Waals surface area contributed by atoms with Gasteiger partial charge in [-0.15, -0.1) is 12.4 Å². The van der Waals surface area contributed by atoms with Crippen LogP contribution in [0.25, 0.3) is 0 Å². The van der Waals surface area contributed by atoms with Gasteiger partial charge in [-0.3, -0.25) is 29.9 Å². The van der Waals surface area contributed by atoms with Crippen LogP contribution in [-0.4, -0.2) is 244 Å². The smallest absolute Gasteiger partial charge is 0.410 e. The van der Waals surface area contributed by atoms with Crippen LogP contribution in [0.4, 0.5) is 63.0 Å². The van der Waals surface area contributed by atoms with Crippen molar-refractivity contribution in [3.8, 4) is 0 Å². The van der Waals surface area contributed by atoms with Gasteiger partial charge in [-0.2, -0.15) is 0 Å². The zero-order valence-electron chi connectivity index (χ0n) is 71.8. The van der Waals surface area contributed by atoms with E-state index >= 15 is 0 Å². The van der Waals surface area contributed by atoms with Crippen molar-refractivity contribution < 1.29 is 37.4 Å². The van der Waals surface area contributed by atoms with Crippen molar-refractivity contribution in [2.24, 2.45) is 0 Å². The number of nitrogen functional groups attached to an aromatic ring is 1. The Hall–Kier alpha value is -7.49. The molecule has 7 fully saturated rings. The molecule has 2 aromatic carbocycles. The first kappa shape index (κ1) is 106. The lowest BCUT2D eigenvalue weighted by Crippen LogP contribution is -2.39. The molecular formula is C87H118Cl10F2N20O6. The molecule has 7 aliphatic heterocycles. The minimum absolute atomic E-state index is 0. The Morgan fingerprint density at radius 2 is 0.688 bits per heavy atom. The molecule has 8 aromatic rings. The fourth-order valence-electron chi connectivity index (χ4n) is 12.9. The monoisotopic (exact) mass is 1930 g/mol. The third kappa shape index (κ3) is 40.8. The number of benzene rings is 2. The van der Waals surface area contributed by atoms with E-state index < -0.39 is 22.8 Å². The van der Waals surface area contributed by atoms with Gasteiger partial charge in [-0.1, -0.05) is 104 Å². The zero-order valence-corrected chi connectivity index (χ0v) is 79.4. The highest BCUT2D eigenvalue weighted by atomic mass is 35.5. The number of carbonyl (C=O) groups excluding carboxylic acids is 3. The third-order valence-corrected chi connectivity index (χ3v) is 21.8. The van der Waals surface area contributed by atoms with Crippen molar-refractivity contribution in [3.05, 3.63) is 204 Å². The summed E-state index contributed by atoms with van der Waals surface area (Å²) in [5.74, 6) is -0.954. The van der Waals surface area contributed by atoms with E-state index in [1.54, 1.807) is 88.9 Å². The highest BCUT2D eigenvalue weighted by Crippen LogP contribution is 2.31. The first-order chi connectivity index (χ1) is 59.5. The number of aromatic nitrogens is 6. The number of nitrogens with two attached hydrogens (primary N) is 1. The molecule has 26 nitrogen and oxygen atoms in total. The van der Waals surface area contributed by atoms with Gasteiger partial charge in [-0.25, -0.2) is 23.2 Å². The molecule has 7 N–H and O–H groups in total. The van der Waals surface area contributed by atoms with Crippen LogP contribution >= 0.6 is 117 Å². The van der Waals surface area contributed by atoms with Crippen LogP contribution in [0.2, 0.25) is 45.2 Å². The van der Waals surface area contributed by atoms with Gasteiger partial charge >= 0.3 is 18.2 Å². The van der Waals surface area contributed by atoms with Crippen LogP contribution in [-0.2, 0) is 14.2 Å². The third-order valence-electron chi connectivity index (χ3n) is 19.1. The summed E-state index contributed by atoms with van der Waals surface area (Å²) in [6.07, 6.45) is 28.4. The van der Waals surface area contributed by atoms with Gasteiger partial charge in [0, 0.05) is 230 Å². The summed E-state index contributed by atoms with van der Waals surface area (Å²) in [6, 6.07) is 19.2. The van der Waals surface area contributed by atoms with Crippen molar-refractivity contribution in [2.45, 2.75) is 104 Å². The molecule has 0 radical (unpaired) electrons. The van der Waals surface area contributed by atoms with Crippen LogP contribution in [0.3, 0.4) is 0 Å². The first-order valence-corrected chi connectivity index (χ1v) is 45.0. The van der Waals surface area contributed by atoms with Crippen LogP contribution in [0.1, 0.15) is 92.9 Å². The molecule has 0 spiro atoms. The van der Waals surface area contributed by atoms with Crippen molar-refractivity contribution in [2.75, 3.05) is 206 Å². The quantitative estimate of drug-likeness (QED) is 0.0845. The molecule has 686 valence electrons. The summed E-state index contributed by atoms with van der Waals surface area (Å²) in [6.45, 7) is 34.9. The highest BCUT2D eigenvalue weighted by Gasteiger charge is 2.28. The molecule has 6 aromatic heterocycles. The Labute approximate surface area is 786 Å². The standard InChI is InChI=1S/C17H17Cl2FN4O.2C15H22ClN3O2.2C10H14ClN3.C6H5ClFN.C5H3Cl2N.C5H12N2.C4H8O.ClH/c18-13-10-12(2-3-15(13)20)22-17(25)24-7-1-6-23(8-9-24)16-4-5-21-11-14(16)19;2*1-15(2,3)21-14(20)19-8-4-7-18(9-10-19)13-5-6-17-11-12(13)16;2*11-9-8-13-4-2-10(9)14-6-1-3-12-5-7-14;7-5-3-4(9)1-2-6(5)8;6-4-1-2-8-3-5(4)7;1-2-6-4-5-7-3-1;1-2-4-5-3-1;/h2-5,10-11H,1,6-9H2,(H,22,25);2*5-6,11H,4,7-10H2,1-3H3;2*2,4,8,12H,1,3,5-7H2;1-3H,9H2;1-3H;6-7H,1-5H2;1-4H2;1H. The highest BCUT2D eigenvalue weighted by molar-refractivity contribution is 6.42. The summed E-state index contributed by atoms with van der Waals surface area (Å²) < 4.78 is 41.3. The van der Waals surface area contributed by atoms with E-state index in [0.717, 1.165) is 169 Å². The lowest BCUT2D eigenvalue weighted by atomic mass is 10.2. The topological polar surface area (TPSA) is 268 Å². The summed E-state index contributed by atoms with van der Waals surface area (Å²) in [5, 5.41) is 20.5. The number of anilines is 7. The van der Waals surface area contributed by atoms with Gasteiger partial charge in [0.05, 0.1) is 73.6 Å². The van der Waals surface area contributed by atoms with E-state index in [4.69, 9.17) is 124 Å². The Balaban J connectivity index is 0.000000225. The predicted molar refractivity (Wildman–Crippen MR) is 511 cm³/mol. The molecule has 125 heavy (non-hydrogen) atoms. The van der Waals surface area contributed by atoms with Gasteiger partial charge < -0.3 is 85.7 Å². The van der Waals surface area contributed by atoms with Crippen molar-refractivity contribution in [1.29, 1.82) is 0 Å². The molecule has 15 rings (SSSR count). The molecule has 0 saturated carbocycles. The number of hydrogen-bond donors (Lipinski definition) is 6. The van der Waals surface area contributed by atoms with Crippen LogP contribution in [0.15, 0.2) is 147 Å². The normalized spacial score (nSPS) is 16.2. The van der Waals surface area contributed by atoms with Crippen molar-refractivity contribution >= 4 is 175 Å². The molecule has 7 saturated heterocycles. The number of pyridine rings is 6. The Bertz CT molecular complexity index is 4260. The number of halogens is 12. The van der Waals surface area contributed by atoms with Crippen LogP contribution in [0.5, 0.6) is 0 Å². The number of ether oxygens (including phenoxy) is 3. The lowest BCUT2D eigenvalue weighted by molar-refractivity contribution is 0.0252. The van der Waals surface area contributed by atoms with Crippen LogP contribution in [0, 0.1) is 11.6 Å². The number of carbonyl (C=O) groups is 3. The second-order valence-electron chi connectivity index (χ2n) is 31.0. The molecule has 7 aliphatic rings. The molecule has 13 heterocycles. The maximum atomic E-state index is 13.2. The van der Waals surface area contributed by atoms with Gasteiger partial charge in [-0.05, 0) is 192 Å². The van der Waals surface area contributed by atoms with Gasteiger partial charge in [0.25, 0.3) is 0 Å². The summed E-state index contributed by atoms with van der Waals surface area (Å²) in [4.78, 5) is 76.8. The SMILES string of the molecule is C1CCOC1.C1CNCCNC1.CC(C)(C)OC(=O)N1CCCN(c2ccncc2Cl)CC1.CC(C)(C)OC(=O)N1CCCN(c2ccncc2Cl)CC1.Cl.Clc1ccncc1Cl.Clc1cnccc1N1CCCNCC1.Clc1cnccc1N1CCCNCC1.Nc1ccc(F)c(Cl)c1.O=C(Nc1ccc(F)c(Cl)c1)N1CCCN(c2ccncc2Cl)CC1. The number of hydrogen-bond acceptors (Lipinski definition) is 22. The molecular weight excluding hydrogens is 1810 g/mol. The van der Waals surface area contributed by atoms with E-state index in [1.165, 1.54) is 87.8 Å². The van der Waals surface area contributed by atoms with Crippen molar-refractivity contribution in [3.63, 3.8) is 0 Å². The molecule has 0 atom stereocenters. The van der Waals surface area contributed by atoms with E-state index in [-0.39, 0.29) is 40.7 Å². The predicted octanol–water partition coefficient (Wildman–Crippen LogP) is 18.9. The first-order valence-electron chi connectivity index (χ1n) is 41.6. The summed E-state index contributed by atoms with van der Waals surface area (Å²) in [5.41, 5.74) is 10.4. The Morgan fingerprint density at radius 3 is 1.02 bits per heavy atom. The largest absolute Gasteiger partial charge is 0.444 e. The Morgan fingerprint density at radius 1 is 0.360 bits per heavy atom. The average Bonchev–Trinajstić information content (AvgIpc) is 1.81. The minimum atomic E-state index is -0.515. The van der Waals surface area contributed by atoms with Gasteiger partial charge in [0.2, 0.25) is 0 Å². The summed E-state index contributed by atoms with van der Waals surface area (Å²) in [7, 11) is 0. The fraction of sp³-hybridized carbons (Fsp3) is 0.483. The second-order valence-corrected chi connectivity index (χ2v) is 34.6. The number of nitrogens with zero attached hydrogens (tertiary/aromatic N) is 14. The minimum Gasteiger partial charge on any atom is -0.444 e. The Kier molecular flexibility index (Phi) is 49.4. The molecule has 0 unspecified atom stereocenters. The summed E-state index contributed by atoms with van der Waals surface area (Å²) >= 11 is 52.9. The maximum absolute atomic E-state index is 13.2. The van der Waals surface area contributed by atoms with Crippen LogP contribution < -0.4 is 56.8 Å². The number of urea groups is 1. The second kappa shape index (κ2) is 58.1. The number of rotatable bonds is 6. The van der Waals surface area contributed by atoms with Gasteiger partial charge in [0.15, 0.2) is 0 Å². The molecule has 0 bridgehead atoms. The average molecular weight is 1930 g/mol. The number of amides is 4. The van der Waals surface area contributed by atoms with Crippen molar-refractivity contribution in [1.82, 2.24) is 65.9 Å². The molecule has 0 aliphatic carbocycles. The van der Waals surface area contributed by atoms with E-state index in [2.05, 4.69) is 81.0 Å². The van der Waals surface area contributed by atoms with E-state index in [9.17, 15) is 23.2 Å². The van der Waals surface area contributed by atoms with Gasteiger partial charge in [0.1, 0.15) is 22.8 Å². The number of nitrogens with one attached hydrogen (secondary N) is 5. The van der Waals surface area contributed by atoms with E-state index in [0.29, 0.717) is 82.3 Å². The fourth-order valence-corrected chi connectivity index (χ4v) is 14.7. The molecule has 4 amide bonds. The molecule has 38 heteroatoms. The lowest BCUT2D eigenvalue weighted by Gasteiger charge is -2.27. The van der Waals surface area contributed by atoms with E-state index in [1.807, 2.05) is 71.9 Å². The maximum Gasteiger partial charge on any atom is 0.410 e. The zero-order chi connectivity index (χ0) is 89.7.